The van der Waals surface area contributed by atoms with Gasteiger partial charge in [-0.2, -0.15) is 0 Å². The maximum absolute atomic E-state index is 10.5. The highest BCUT2D eigenvalue weighted by atomic mass is 16.1. The second-order valence-corrected chi connectivity index (χ2v) is 3.53. The fraction of sp³-hybridized carbons (Fsp3) is 0.667. The number of fused-ring (bicyclic) bond motifs is 2. The number of aldehydes is 1. The van der Waals surface area contributed by atoms with Crippen molar-refractivity contribution >= 4 is 6.29 Å². The molecule has 1 saturated heterocycles. The van der Waals surface area contributed by atoms with Gasteiger partial charge in [0.1, 0.15) is 6.29 Å². The molecule has 11 heavy (non-hydrogen) atoms. The summed E-state index contributed by atoms with van der Waals surface area (Å²) >= 11 is 0. The SMILES string of the molecule is O=CC1=CN2CCCC(C1)C2. The number of nitrogens with zero attached hydrogens (tertiary/aromatic N) is 1. The Balaban J connectivity index is 2.15. The van der Waals surface area contributed by atoms with Crippen molar-refractivity contribution in [3.8, 4) is 0 Å². The van der Waals surface area contributed by atoms with Crippen molar-refractivity contribution in [2.24, 2.45) is 5.92 Å². The van der Waals surface area contributed by atoms with Gasteiger partial charge in [-0.05, 0) is 25.2 Å². The molecule has 0 spiro atoms. The first-order valence-corrected chi connectivity index (χ1v) is 4.28. The van der Waals surface area contributed by atoms with Crippen molar-refractivity contribution in [2.75, 3.05) is 13.1 Å². The Morgan fingerprint density at radius 2 is 2.55 bits per heavy atom. The van der Waals surface area contributed by atoms with Crippen LogP contribution in [0.25, 0.3) is 0 Å². The molecule has 0 saturated carbocycles. The van der Waals surface area contributed by atoms with Crippen molar-refractivity contribution < 1.29 is 4.79 Å². The van der Waals surface area contributed by atoms with E-state index in [0.29, 0.717) is 0 Å². The van der Waals surface area contributed by atoms with E-state index in [1.165, 1.54) is 19.4 Å². The predicted octanol–water partition coefficient (Wildman–Crippen LogP) is 1.18. The van der Waals surface area contributed by atoms with Crippen LogP contribution in [0.3, 0.4) is 0 Å². The molecule has 60 valence electrons. The third-order valence-electron chi connectivity index (χ3n) is 2.57. The van der Waals surface area contributed by atoms with E-state index in [0.717, 1.165) is 30.7 Å². The van der Waals surface area contributed by atoms with Gasteiger partial charge >= 0.3 is 0 Å². The Morgan fingerprint density at radius 3 is 3.27 bits per heavy atom. The third kappa shape index (κ3) is 1.30. The minimum atomic E-state index is 0.758. The lowest BCUT2D eigenvalue weighted by atomic mass is 9.89. The maximum Gasteiger partial charge on any atom is 0.147 e. The second-order valence-electron chi connectivity index (χ2n) is 3.53. The van der Waals surface area contributed by atoms with Gasteiger partial charge in [0.2, 0.25) is 0 Å². The third-order valence-corrected chi connectivity index (χ3v) is 2.57. The quantitative estimate of drug-likeness (QED) is 0.524. The predicted molar refractivity (Wildman–Crippen MR) is 43.1 cm³/mol. The molecule has 2 nitrogen and oxygen atoms in total. The van der Waals surface area contributed by atoms with E-state index in [1.54, 1.807) is 0 Å². The molecule has 0 amide bonds. The molecule has 2 rings (SSSR count). The molecule has 2 aliphatic rings. The van der Waals surface area contributed by atoms with Crippen LogP contribution in [0.1, 0.15) is 19.3 Å². The molecule has 2 aliphatic heterocycles. The topological polar surface area (TPSA) is 20.3 Å². The molecule has 1 fully saturated rings. The lowest BCUT2D eigenvalue weighted by molar-refractivity contribution is -0.105. The van der Waals surface area contributed by atoms with Crippen LogP contribution in [0.4, 0.5) is 0 Å². The van der Waals surface area contributed by atoms with E-state index in [9.17, 15) is 4.79 Å². The molecule has 0 aromatic heterocycles. The van der Waals surface area contributed by atoms with Gasteiger partial charge in [0.05, 0.1) is 0 Å². The molecule has 1 unspecified atom stereocenters. The van der Waals surface area contributed by atoms with Crippen molar-refractivity contribution in [1.82, 2.24) is 4.90 Å². The zero-order valence-electron chi connectivity index (χ0n) is 6.62. The Labute approximate surface area is 66.9 Å². The fourth-order valence-electron chi connectivity index (χ4n) is 2.08. The number of piperidine rings is 1. The van der Waals surface area contributed by atoms with Crippen LogP contribution in [0.5, 0.6) is 0 Å². The molecule has 2 bridgehead atoms. The number of carbonyl (C=O) groups excluding carboxylic acids is 1. The van der Waals surface area contributed by atoms with Gasteiger partial charge in [0, 0.05) is 24.9 Å². The average molecular weight is 151 g/mol. The summed E-state index contributed by atoms with van der Waals surface area (Å²) in [6.07, 6.45) is 6.65. The molecule has 0 N–H and O–H groups in total. The summed E-state index contributed by atoms with van der Waals surface area (Å²) in [6, 6.07) is 0. The normalized spacial score (nSPS) is 29.6. The van der Waals surface area contributed by atoms with Gasteiger partial charge in [-0.15, -0.1) is 0 Å². The first-order chi connectivity index (χ1) is 5.38. The number of rotatable bonds is 1. The van der Waals surface area contributed by atoms with Crippen molar-refractivity contribution in [3.63, 3.8) is 0 Å². The zero-order valence-corrected chi connectivity index (χ0v) is 6.62. The summed E-state index contributed by atoms with van der Waals surface area (Å²) in [4.78, 5) is 12.8. The monoisotopic (exact) mass is 151 g/mol. The minimum Gasteiger partial charge on any atom is -0.377 e. The molecule has 1 atom stereocenters. The molecule has 0 aliphatic carbocycles. The van der Waals surface area contributed by atoms with Gasteiger partial charge in [-0.25, -0.2) is 0 Å². The van der Waals surface area contributed by atoms with Crippen LogP contribution in [-0.4, -0.2) is 24.3 Å². The highest BCUT2D eigenvalue weighted by Crippen LogP contribution is 2.27. The van der Waals surface area contributed by atoms with Crippen molar-refractivity contribution in [3.05, 3.63) is 11.8 Å². The summed E-state index contributed by atoms with van der Waals surface area (Å²) in [5, 5.41) is 0. The lowest BCUT2D eigenvalue weighted by Gasteiger charge is -2.36. The largest absolute Gasteiger partial charge is 0.377 e. The first kappa shape index (κ1) is 6.89. The van der Waals surface area contributed by atoms with Gasteiger partial charge in [-0.3, -0.25) is 4.79 Å². The Kier molecular flexibility index (Phi) is 1.68. The summed E-state index contributed by atoms with van der Waals surface area (Å²) in [6.45, 7) is 2.32. The van der Waals surface area contributed by atoms with Gasteiger partial charge < -0.3 is 4.90 Å². The van der Waals surface area contributed by atoms with Gasteiger partial charge in [0.15, 0.2) is 0 Å². The number of hydrogen-bond acceptors (Lipinski definition) is 2. The van der Waals surface area contributed by atoms with E-state index in [-0.39, 0.29) is 0 Å². The zero-order chi connectivity index (χ0) is 7.68. The van der Waals surface area contributed by atoms with E-state index in [4.69, 9.17) is 0 Å². The van der Waals surface area contributed by atoms with Crippen LogP contribution in [0.2, 0.25) is 0 Å². The van der Waals surface area contributed by atoms with Crippen LogP contribution in [0, 0.1) is 5.92 Å². The molecular formula is C9H13NO. The molecule has 0 aromatic carbocycles. The van der Waals surface area contributed by atoms with Crippen LogP contribution in [-0.2, 0) is 4.79 Å². The highest BCUT2D eigenvalue weighted by molar-refractivity contribution is 5.73. The summed E-state index contributed by atoms with van der Waals surface area (Å²) < 4.78 is 0. The number of allylic oxidation sites excluding steroid dienone is 1. The van der Waals surface area contributed by atoms with E-state index >= 15 is 0 Å². The van der Waals surface area contributed by atoms with Gasteiger partial charge in [0.25, 0.3) is 0 Å². The highest BCUT2D eigenvalue weighted by Gasteiger charge is 2.23. The minimum absolute atomic E-state index is 0.758. The van der Waals surface area contributed by atoms with E-state index in [2.05, 4.69) is 4.90 Å². The molecule has 0 radical (unpaired) electrons. The molecular weight excluding hydrogens is 138 g/mol. The first-order valence-electron chi connectivity index (χ1n) is 4.28. The maximum atomic E-state index is 10.5. The summed E-state index contributed by atoms with van der Waals surface area (Å²) in [5.41, 5.74) is 0.987. The number of carbonyl (C=O) groups is 1. The van der Waals surface area contributed by atoms with Crippen LogP contribution >= 0.6 is 0 Å². The Bertz CT molecular complexity index is 198. The van der Waals surface area contributed by atoms with E-state index < -0.39 is 0 Å². The van der Waals surface area contributed by atoms with Gasteiger partial charge in [-0.1, -0.05) is 0 Å². The fourth-order valence-corrected chi connectivity index (χ4v) is 2.08. The van der Waals surface area contributed by atoms with Crippen molar-refractivity contribution in [2.45, 2.75) is 19.3 Å². The van der Waals surface area contributed by atoms with Crippen LogP contribution < -0.4 is 0 Å². The molecule has 2 heterocycles. The Morgan fingerprint density at radius 1 is 1.64 bits per heavy atom. The lowest BCUT2D eigenvalue weighted by Crippen LogP contribution is -2.35. The molecule has 2 heteroatoms. The number of hydrogen-bond donors (Lipinski definition) is 0. The standard InChI is InChI=1S/C9H13NO/c11-7-9-4-8-2-1-3-10(5-8)6-9/h6-8H,1-5H2. The summed E-state index contributed by atoms with van der Waals surface area (Å²) in [7, 11) is 0. The van der Waals surface area contributed by atoms with Crippen LogP contribution in [0.15, 0.2) is 11.8 Å². The van der Waals surface area contributed by atoms with E-state index in [1.807, 2.05) is 6.20 Å². The average Bonchev–Trinajstić information content (AvgIpc) is 2.03. The molecule has 0 aromatic rings. The second kappa shape index (κ2) is 2.68. The summed E-state index contributed by atoms with van der Waals surface area (Å²) in [5.74, 6) is 0.758. The van der Waals surface area contributed by atoms with Crippen molar-refractivity contribution in [1.29, 1.82) is 0 Å². The smallest absolute Gasteiger partial charge is 0.147 e. The Hall–Kier alpha value is -0.790.